The van der Waals surface area contributed by atoms with Crippen LogP contribution >= 0.6 is 0 Å². The lowest BCUT2D eigenvalue weighted by molar-refractivity contribution is 0.399. The number of aromatic nitrogens is 5. The number of hydrogen-bond donors (Lipinski definition) is 2. The lowest BCUT2D eigenvalue weighted by Gasteiger charge is -2.22. The minimum atomic E-state index is -3.64. The fourth-order valence-corrected chi connectivity index (χ4v) is 3.56. The number of aryl methyl sites for hydroxylation is 1. The van der Waals surface area contributed by atoms with Crippen molar-refractivity contribution in [1.29, 1.82) is 0 Å². The lowest BCUT2D eigenvalue weighted by atomic mass is 10.1. The maximum atomic E-state index is 12.4. The first kappa shape index (κ1) is 14.2. The molecular weight excluding hydrogens is 292 g/mol. The molecule has 9 heteroatoms. The molecule has 3 heterocycles. The quantitative estimate of drug-likeness (QED) is 0.874. The summed E-state index contributed by atoms with van der Waals surface area (Å²) >= 11 is 0. The van der Waals surface area contributed by atoms with E-state index in [9.17, 15) is 8.42 Å². The maximum Gasteiger partial charge on any atom is 0.258 e. The summed E-state index contributed by atoms with van der Waals surface area (Å²) in [7, 11) is -3.64. The molecule has 1 atom stereocenters. The van der Waals surface area contributed by atoms with E-state index in [1.54, 1.807) is 4.68 Å². The number of rotatable bonds is 4. The molecule has 3 rings (SSSR count). The van der Waals surface area contributed by atoms with Gasteiger partial charge in [-0.15, -0.1) is 0 Å². The highest BCUT2D eigenvalue weighted by Gasteiger charge is 2.28. The number of fused-ring (bicyclic) bond motifs is 1. The second kappa shape index (κ2) is 5.23. The number of nitrogens with zero attached hydrogens (tertiary/aromatic N) is 4. The Bertz CT molecular complexity index is 733. The first-order valence-electron chi connectivity index (χ1n) is 6.92. The molecule has 8 nitrogen and oxygen atoms in total. The van der Waals surface area contributed by atoms with Gasteiger partial charge in [0, 0.05) is 12.5 Å². The Morgan fingerprint density at radius 3 is 2.95 bits per heavy atom. The Balaban J connectivity index is 1.84. The van der Waals surface area contributed by atoms with E-state index in [0.29, 0.717) is 18.1 Å². The molecule has 0 saturated heterocycles. The molecule has 114 valence electrons. The highest BCUT2D eigenvalue weighted by atomic mass is 32.2. The standard InChI is InChI=1S/C12H18N6O2S/c1-8(2)11-13-6-10(16-11)21(19,20)17-9-4-3-5-18-12(9)14-7-15-18/h6-9,17H,3-5H2,1-2H3,(H,13,16). The van der Waals surface area contributed by atoms with Crippen molar-refractivity contribution < 1.29 is 8.42 Å². The number of aromatic amines is 1. The molecule has 2 N–H and O–H groups in total. The molecule has 0 bridgehead atoms. The van der Waals surface area contributed by atoms with Gasteiger partial charge in [-0.3, -0.25) is 0 Å². The third-order valence-electron chi connectivity index (χ3n) is 3.53. The zero-order valence-corrected chi connectivity index (χ0v) is 12.8. The number of imidazole rings is 1. The van der Waals surface area contributed by atoms with Crippen LogP contribution in [0.3, 0.4) is 0 Å². The van der Waals surface area contributed by atoms with Gasteiger partial charge in [-0.2, -0.15) is 9.82 Å². The number of sulfonamides is 1. The van der Waals surface area contributed by atoms with Crippen LogP contribution in [0.2, 0.25) is 0 Å². The molecule has 0 aliphatic carbocycles. The Morgan fingerprint density at radius 1 is 1.43 bits per heavy atom. The third-order valence-corrected chi connectivity index (χ3v) is 4.91. The van der Waals surface area contributed by atoms with E-state index in [0.717, 1.165) is 13.0 Å². The number of hydrogen-bond acceptors (Lipinski definition) is 5. The van der Waals surface area contributed by atoms with Crippen molar-refractivity contribution >= 4 is 10.0 Å². The van der Waals surface area contributed by atoms with Crippen molar-refractivity contribution in [1.82, 2.24) is 29.5 Å². The van der Waals surface area contributed by atoms with E-state index in [2.05, 4.69) is 24.8 Å². The monoisotopic (exact) mass is 310 g/mol. The second-order valence-corrected chi connectivity index (χ2v) is 7.13. The van der Waals surface area contributed by atoms with Crippen LogP contribution in [-0.4, -0.2) is 33.2 Å². The molecule has 1 aliphatic rings. The number of nitrogens with one attached hydrogen (secondary N) is 2. The molecular formula is C12H18N6O2S. The highest BCUT2D eigenvalue weighted by molar-refractivity contribution is 7.89. The molecule has 1 aliphatic heterocycles. The van der Waals surface area contributed by atoms with Crippen molar-refractivity contribution in [3.8, 4) is 0 Å². The first-order chi connectivity index (χ1) is 9.97. The zero-order chi connectivity index (χ0) is 15.0. The lowest BCUT2D eigenvalue weighted by Crippen LogP contribution is -2.33. The Hall–Kier alpha value is -1.74. The maximum absolute atomic E-state index is 12.4. The van der Waals surface area contributed by atoms with Crippen LogP contribution in [0.5, 0.6) is 0 Å². The zero-order valence-electron chi connectivity index (χ0n) is 11.9. The van der Waals surface area contributed by atoms with Crippen LogP contribution in [0.15, 0.2) is 17.6 Å². The molecule has 0 fully saturated rings. The van der Waals surface area contributed by atoms with Gasteiger partial charge in [-0.05, 0) is 12.8 Å². The predicted molar refractivity (Wildman–Crippen MR) is 75.0 cm³/mol. The summed E-state index contributed by atoms with van der Waals surface area (Å²) in [5.74, 6) is 1.46. The first-order valence-corrected chi connectivity index (χ1v) is 8.40. The van der Waals surface area contributed by atoms with Crippen LogP contribution in [0.25, 0.3) is 0 Å². The van der Waals surface area contributed by atoms with Crippen LogP contribution in [0, 0.1) is 0 Å². The summed E-state index contributed by atoms with van der Waals surface area (Å²) in [5, 5.41) is 4.17. The Kier molecular flexibility index (Phi) is 3.54. The predicted octanol–water partition coefficient (Wildman–Crippen LogP) is 0.938. The minimum absolute atomic E-state index is 0.0860. The summed E-state index contributed by atoms with van der Waals surface area (Å²) in [6.07, 6.45) is 4.38. The van der Waals surface area contributed by atoms with Gasteiger partial charge in [0.2, 0.25) is 0 Å². The van der Waals surface area contributed by atoms with Gasteiger partial charge in [0.05, 0.1) is 12.2 Å². The van der Waals surface area contributed by atoms with Crippen molar-refractivity contribution in [2.24, 2.45) is 0 Å². The van der Waals surface area contributed by atoms with Gasteiger partial charge in [-0.25, -0.2) is 23.1 Å². The summed E-state index contributed by atoms with van der Waals surface area (Å²) in [6.45, 7) is 4.67. The van der Waals surface area contributed by atoms with Gasteiger partial charge in [0.15, 0.2) is 5.03 Å². The van der Waals surface area contributed by atoms with E-state index >= 15 is 0 Å². The Morgan fingerprint density at radius 2 is 2.24 bits per heavy atom. The van der Waals surface area contributed by atoms with Gasteiger partial charge in [0.1, 0.15) is 18.0 Å². The molecule has 0 aromatic carbocycles. The van der Waals surface area contributed by atoms with Crippen molar-refractivity contribution in [3.05, 3.63) is 24.2 Å². The summed E-state index contributed by atoms with van der Waals surface area (Å²) < 4.78 is 29.3. The normalized spacial score (nSPS) is 18.9. The van der Waals surface area contributed by atoms with Gasteiger partial charge < -0.3 is 4.98 Å². The van der Waals surface area contributed by atoms with Crippen molar-refractivity contribution in [2.75, 3.05) is 0 Å². The molecule has 1 unspecified atom stereocenters. The average Bonchev–Trinajstić information content (AvgIpc) is 3.08. The topological polar surface area (TPSA) is 106 Å². The van der Waals surface area contributed by atoms with Crippen LogP contribution < -0.4 is 4.72 Å². The van der Waals surface area contributed by atoms with Gasteiger partial charge in [-0.1, -0.05) is 13.8 Å². The third kappa shape index (κ3) is 2.70. The van der Waals surface area contributed by atoms with E-state index in [4.69, 9.17) is 0 Å². The van der Waals surface area contributed by atoms with Crippen molar-refractivity contribution in [3.63, 3.8) is 0 Å². The largest absolute Gasteiger partial charge is 0.332 e. The Labute approximate surface area is 123 Å². The molecule has 2 aromatic heterocycles. The molecule has 21 heavy (non-hydrogen) atoms. The van der Waals surface area contributed by atoms with Gasteiger partial charge in [0.25, 0.3) is 10.0 Å². The highest BCUT2D eigenvalue weighted by Crippen LogP contribution is 2.24. The summed E-state index contributed by atoms with van der Waals surface area (Å²) in [5.41, 5.74) is 0. The molecule has 0 radical (unpaired) electrons. The van der Waals surface area contributed by atoms with E-state index in [1.807, 2.05) is 13.8 Å². The van der Waals surface area contributed by atoms with Crippen LogP contribution in [0.4, 0.5) is 0 Å². The van der Waals surface area contributed by atoms with Crippen LogP contribution in [-0.2, 0) is 16.6 Å². The molecule has 0 amide bonds. The van der Waals surface area contributed by atoms with E-state index in [-0.39, 0.29) is 17.0 Å². The smallest absolute Gasteiger partial charge is 0.258 e. The molecule has 2 aromatic rings. The SMILES string of the molecule is CC(C)c1ncc(S(=O)(=O)NC2CCCn3ncnc32)[nH]1. The second-order valence-electron chi connectivity index (χ2n) is 5.44. The molecule has 0 saturated carbocycles. The summed E-state index contributed by atoms with van der Waals surface area (Å²) in [6, 6.07) is -0.350. The van der Waals surface area contributed by atoms with E-state index in [1.165, 1.54) is 12.5 Å². The van der Waals surface area contributed by atoms with Crippen LogP contribution in [0.1, 0.15) is 50.3 Å². The molecule has 0 spiro atoms. The van der Waals surface area contributed by atoms with Gasteiger partial charge >= 0.3 is 0 Å². The number of H-pyrrole nitrogens is 1. The fourth-order valence-electron chi connectivity index (χ4n) is 2.40. The van der Waals surface area contributed by atoms with Crippen molar-refractivity contribution in [2.45, 2.75) is 50.2 Å². The van der Waals surface area contributed by atoms with E-state index < -0.39 is 10.0 Å². The minimum Gasteiger partial charge on any atom is -0.332 e. The fraction of sp³-hybridized carbons (Fsp3) is 0.583. The average molecular weight is 310 g/mol. The summed E-state index contributed by atoms with van der Waals surface area (Å²) in [4.78, 5) is 11.1.